The van der Waals surface area contributed by atoms with Gasteiger partial charge in [0.1, 0.15) is 0 Å². The minimum Gasteiger partial charge on any atom is -0.481 e. The van der Waals surface area contributed by atoms with E-state index in [9.17, 15) is 53.4 Å². The van der Waals surface area contributed by atoms with E-state index in [-0.39, 0.29) is 25.8 Å². The number of Topliss-reactive ketones (excluding diaryl/α,β-unsaturated/α-hetero) is 3. The van der Waals surface area contributed by atoms with E-state index < -0.39 is 135 Å². The molecule has 1 aromatic heterocycles. The summed E-state index contributed by atoms with van der Waals surface area (Å²) in [5, 5.41) is 28.0. The minimum atomic E-state index is -1.49. The number of aromatic amines is 1. The number of hydrogen-bond donors (Lipinski definition) is 9. The maximum atomic E-state index is 13.8. The Morgan fingerprint density at radius 2 is 1.68 bits per heavy atom. The number of aliphatic hydroxyl groups is 1. The Hall–Kier alpha value is -5.73. The highest BCUT2D eigenvalue weighted by molar-refractivity contribution is 5.97. The van der Waals surface area contributed by atoms with Gasteiger partial charge < -0.3 is 58.1 Å². The second-order valence-corrected chi connectivity index (χ2v) is 14.2. The van der Waals surface area contributed by atoms with Gasteiger partial charge in [-0.25, -0.2) is 4.79 Å². The summed E-state index contributed by atoms with van der Waals surface area (Å²) in [5.41, 5.74) is 18.7. The van der Waals surface area contributed by atoms with E-state index >= 15 is 0 Å². The third kappa shape index (κ3) is 14.1. The van der Waals surface area contributed by atoms with Gasteiger partial charge in [-0.2, -0.15) is 0 Å². The number of nitrogens with two attached hydrogens (primary N) is 3. The lowest BCUT2D eigenvalue weighted by Crippen LogP contribution is -2.54. The molecular formula is C37H53N9O11. The molecule has 0 unspecified atom stereocenters. The number of H-pyrrole nitrogens is 1. The van der Waals surface area contributed by atoms with Gasteiger partial charge in [-0.1, -0.05) is 25.1 Å². The zero-order chi connectivity index (χ0) is 42.2. The molecule has 0 saturated carbocycles. The minimum absolute atomic E-state index is 0.0212. The molecule has 2 heterocycles. The third-order valence-electron chi connectivity index (χ3n) is 9.61. The summed E-state index contributed by atoms with van der Waals surface area (Å²) in [6, 6.07) is 3.81. The molecule has 6 amide bonds. The molecule has 2 aromatic rings. The van der Waals surface area contributed by atoms with Crippen LogP contribution in [0.1, 0.15) is 57.4 Å². The molecule has 0 aliphatic carbocycles. The molecule has 1 aromatic carbocycles. The van der Waals surface area contributed by atoms with Crippen molar-refractivity contribution >= 4 is 63.9 Å². The van der Waals surface area contributed by atoms with Crippen LogP contribution in [-0.4, -0.2) is 130 Å². The lowest BCUT2D eigenvalue weighted by atomic mass is 9.93. The van der Waals surface area contributed by atoms with Crippen LogP contribution >= 0.6 is 0 Å². The molecule has 0 spiro atoms. The fourth-order valence-electron chi connectivity index (χ4n) is 6.39. The normalized spacial score (nSPS) is 20.5. The van der Waals surface area contributed by atoms with Crippen molar-refractivity contribution in [1.82, 2.24) is 30.7 Å². The Balaban J connectivity index is 1.98. The van der Waals surface area contributed by atoms with E-state index in [4.69, 9.17) is 17.2 Å². The van der Waals surface area contributed by atoms with Gasteiger partial charge in [0.25, 0.3) is 0 Å². The average molecular weight is 800 g/mol. The Bertz CT molecular complexity index is 1800. The number of primary amides is 1. The molecule has 1 fully saturated rings. The predicted octanol–water partition coefficient (Wildman–Crippen LogP) is -1.77. The van der Waals surface area contributed by atoms with Crippen LogP contribution in [0.3, 0.4) is 0 Å². The van der Waals surface area contributed by atoms with Crippen LogP contribution < -0.4 is 33.2 Å². The van der Waals surface area contributed by atoms with E-state index in [0.717, 1.165) is 20.7 Å². The second-order valence-electron chi connectivity index (χ2n) is 14.2. The van der Waals surface area contributed by atoms with Crippen molar-refractivity contribution in [1.29, 1.82) is 0 Å². The zero-order valence-corrected chi connectivity index (χ0v) is 31.9. The molecule has 1 saturated heterocycles. The van der Waals surface area contributed by atoms with Crippen molar-refractivity contribution in [2.75, 3.05) is 39.6 Å². The van der Waals surface area contributed by atoms with Gasteiger partial charge in [-0.05, 0) is 43.9 Å². The predicted molar refractivity (Wildman–Crippen MR) is 203 cm³/mol. The lowest BCUT2D eigenvalue weighted by molar-refractivity contribution is -0.144. The van der Waals surface area contributed by atoms with Crippen molar-refractivity contribution in [2.45, 2.75) is 70.4 Å². The molecule has 12 N–H and O–H groups in total. The number of rotatable bonds is 15. The molecule has 20 heteroatoms. The number of aromatic nitrogens is 1. The number of carbonyl (C=O) groups excluding carboxylic acids is 8. The summed E-state index contributed by atoms with van der Waals surface area (Å²) in [7, 11) is 0. The topological polar surface area (TPSA) is 331 Å². The number of hydrogen-bond acceptors (Lipinski definition) is 12. The number of unbranched alkanes of at least 4 members (excludes halogenated alkanes) is 1. The summed E-state index contributed by atoms with van der Waals surface area (Å²) in [4.78, 5) is 123. The number of urea groups is 1. The van der Waals surface area contributed by atoms with E-state index in [0.29, 0.717) is 18.4 Å². The van der Waals surface area contributed by atoms with Crippen LogP contribution in [-0.2, 0) is 44.8 Å². The zero-order valence-electron chi connectivity index (χ0n) is 31.9. The number of nitrogens with one attached hydrogen (secondary N) is 4. The quantitative estimate of drug-likeness (QED) is 0.0903. The van der Waals surface area contributed by atoms with Gasteiger partial charge in [0.05, 0.1) is 63.4 Å². The van der Waals surface area contributed by atoms with Crippen molar-refractivity contribution in [3.8, 4) is 0 Å². The standard InChI is InChI=1S/C37H53N9O11/c1-21(33(40)53)10-25(48)16-45-19-42-37(57)43-20-46(36(56)28(39)12-23-15-41-29-7-3-2-6-27(23)29)17-26(49)11-22(14-32(51)52)34(54)44-30(8-4-5-9-38)31(50)13-24(18-47)35(45)55/h2-3,6-7,15,21-22,24,28,30,41,47H,4-5,8-14,16-20,38-39H2,1H3,(H2,40,53)(H,44,54)(H,51,52)(H2,42,43,57)/t21-,22+,24+,28+,30+/m1/s1. The van der Waals surface area contributed by atoms with Gasteiger partial charge in [0, 0.05) is 42.3 Å². The van der Waals surface area contributed by atoms with E-state index in [1.165, 1.54) is 6.92 Å². The Morgan fingerprint density at radius 1 is 0.982 bits per heavy atom. The number of nitrogens with zero attached hydrogens (tertiary/aromatic N) is 2. The number of benzene rings is 1. The lowest BCUT2D eigenvalue weighted by Gasteiger charge is -2.29. The number of carboxylic acids is 1. The SMILES string of the molecule is C[C@H](CC(=O)CN1CNC(=O)NCN(C(=O)[C@@H](N)Cc2c[nH]c3ccccc23)CC(=O)C[C@@H](CC(=O)O)C(=O)N[C@@H](CCCCN)C(=O)C[C@@H](CO)C1=O)C(N)=O. The maximum absolute atomic E-state index is 13.8. The Labute approximate surface area is 328 Å². The number of carbonyl (C=O) groups is 9. The number of amides is 6. The molecule has 1 aliphatic heterocycles. The summed E-state index contributed by atoms with van der Waals surface area (Å²) >= 11 is 0. The largest absolute Gasteiger partial charge is 0.481 e. The van der Waals surface area contributed by atoms with Gasteiger partial charge in [0.2, 0.25) is 23.6 Å². The number of carboxylic acid groups (broad SMARTS) is 1. The molecular weight excluding hydrogens is 746 g/mol. The van der Waals surface area contributed by atoms with Crippen molar-refractivity contribution in [2.24, 2.45) is 35.0 Å². The smallest absolute Gasteiger partial charge is 0.317 e. The van der Waals surface area contributed by atoms with Gasteiger partial charge in [-0.15, -0.1) is 0 Å². The molecule has 312 valence electrons. The number of para-hydroxylation sites is 1. The van der Waals surface area contributed by atoms with E-state index in [2.05, 4.69) is 20.9 Å². The van der Waals surface area contributed by atoms with Crippen LogP contribution in [0.4, 0.5) is 4.79 Å². The molecule has 0 radical (unpaired) electrons. The second kappa shape index (κ2) is 22.1. The summed E-state index contributed by atoms with van der Waals surface area (Å²) < 4.78 is 0. The first-order valence-corrected chi connectivity index (χ1v) is 18.6. The van der Waals surface area contributed by atoms with Crippen molar-refractivity contribution < 1.29 is 53.4 Å². The highest BCUT2D eigenvalue weighted by Gasteiger charge is 2.34. The van der Waals surface area contributed by atoms with Crippen LogP contribution in [0.5, 0.6) is 0 Å². The van der Waals surface area contributed by atoms with E-state index in [1.54, 1.807) is 12.3 Å². The average Bonchev–Trinajstić information content (AvgIpc) is 3.57. The fourth-order valence-corrected chi connectivity index (χ4v) is 6.39. The van der Waals surface area contributed by atoms with Crippen LogP contribution in [0, 0.1) is 17.8 Å². The van der Waals surface area contributed by atoms with Crippen LogP contribution in [0.15, 0.2) is 30.5 Å². The number of aliphatic carboxylic acids is 1. The molecule has 57 heavy (non-hydrogen) atoms. The first kappa shape index (κ1) is 45.7. The maximum Gasteiger partial charge on any atom is 0.317 e. The third-order valence-corrected chi connectivity index (χ3v) is 9.61. The number of ketones is 3. The highest BCUT2D eigenvalue weighted by atomic mass is 16.4. The molecule has 3 rings (SSSR count). The van der Waals surface area contributed by atoms with Crippen LogP contribution in [0.2, 0.25) is 0 Å². The van der Waals surface area contributed by atoms with E-state index in [1.807, 2.05) is 18.2 Å². The summed E-state index contributed by atoms with van der Waals surface area (Å²) in [6.45, 7) is -1.81. The van der Waals surface area contributed by atoms with Gasteiger partial charge in [0.15, 0.2) is 17.3 Å². The summed E-state index contributed by atoms with van der Waals surface area (Å²) in [6.07, 6.45) is 0.0446. The van der Waals surface area contributed by atoms with Gasteiger partial charge >= 0.3 is 12.0 Å². The fraction of sp³-hybridized carbons (Fsp3) is 0.541. The Kier molecular flexibility index (Phi) is 17.7. The van der Waals surface area contributed by atoms with Crippen molar-refractivity contribution in [3.05, 3.63) is 36.0 Å². The number of fused-ring (bicyclic) bond motifs is 1. The van der Waals surface area contributed by atoms with Gasteiger partial charge in [-0.3, -0.25) is 38.4 Å². The molecule has 0 bridgehead atoms. The summed E-state index contributed by atoms with van der Waals surface area (Å²) in [5.74, 6) is -10.8. The molecule has 1 aliphatic rings. The van der Waals surface area contributed by atoms with Crippen LogP contribution in [0.25, 0.3) is 10.9 Å². The first-order valence-electron chi connectivity index (χ1n) is 18.6. The first-order chi connectivity index (χ1) is 27.0. The van der Waals surface area contributed by atoms with Crippen molar-refractivity contribution in [3.63, 3.8) is 0 Å². The number of aliphatic hydroxyl groups excluding tert-OH is 1. The molecule has 20 nitrogen and oxygen atoms in total. The monoisotopic (exact) mass is 799 g/mol. The highest BCUT2D eigenvalue weighted by Crippen LogP contribution is 2.20. The Morgan fingerprint density at radius 3 is 2.35 bits per heavy atom. The molecule has 5 atom stereocenters.